The highest BCUT2D eigenvalue weighted by atomic mass is 31.2. The van der Waals surface area contributed by atoms with Gasteiger partial charge in [-0.05, 0) is 12.1 Å². The highest BCUT2D eigenvalue weighted by Gasteiger charge is 2.46. The first-order chi connectivity index (χ1) is 14.8. The zero-order valence-corrected chi connectivity index (χ0v) is 17.0. The van der Waals surface area contributed by atoms with Gasteiger partial charge in [-0.2, -0.15) is 4.98 Å². The summed E-state index contributed by atoms with van der Waals surface area (Å²) in [5.74, 6) is 0.472. The quantitative estimate of drug-likeness (QED) is 0.348. The van der Waals surface area contributed by atoms with Gasteiger partial charge in [-0.15, -0.1) is 0 Å². The summed E-state index contributed by atoms with van der Waals surface area (Å²) in [4.78, 5) is 15.6. The predicted molar refractivity (Wildman–Crippen MR) is 102 cm³/mol. The van der Waals surface area contributed by atoms with Crippen molar-refractivity contribution in [2.75, 3.05) is 19.2 Å². The molecule has 0 radical (unpaired) electrons. The van der Waals surface area contributed by atoms with Crippen LogP contribution in [-0.2, 0) is 25.0 Å². The Morgan fingerprint density at radius 3 is 2.84 bits per heavy atom. The molecule has 13 nitrogen and oxygen atoms in total. The lowest BCUT2D eigenvalue weighted by atomic mass is 10.1. The van der Waals surface area contributed by atoms with E-state index in [1.165, 1.54) is 19.4 Å². The smallest absolute Gasteiger partial charge is 0.493 e. The fourth-order valence-corrected chi connectivity index (χ4v) is 4.46. The molecule has 2 aromatic rings. The summed E-state index contributed by atoms with van der Waals surface area (Å²) in [6.07, 6.45) is -4.19. The Balaban J connectivity index is 1.45. The van der Waals surface area contributed by atoms with Crippen LogP contribution in [0.2, 0.25) is 0 Å². The number of benzene rings is 1. The second-order valence-corrected chi connectivity index (χ2v) is 8.31. The summed E-state index contributed by atoms with van der Waals surface area (Å²) in [5, 5.41) is 29.4. The van der Waals surface area contributed by atoms with Gasteiger partial charge in [0.05, 0.1) is 20.3 Å². The number of phosphoric acid groups is 1. The average Bonchev–Trinajstić information content (AvgIpc) is 3.05. The van der Waals surface area contributed by atoms with Crippen LogP contribution in [-0.4, -0.2) is 57.0 Å². The summed E-state index contributed by atoms with van der Waals surface area (Å²) in [7, 11) is -2.63. The number of ether oxygens (including phenoxy) is 2. The number of aliphatic hydroxyl groups is 2. The van der Waals surface area contributed by atoms with Crippen molar-refractivity contribution in [3.63, 3.8) is 0 Å². The maximum Gasteiger partial charge on any atom is 0.530 e. The average molecular weight is 457 g/mol. The first-order valence-corrected chi connectivity index (χ1v) is 10.6. The van der Waals surface area contributed by atoms with Gasteiger partial charge in [-0.1, -0.05) is 12.1 Å². The number of para-hydroxylation sites is 1. The Morgan fingerprint density at radius 1 is 1.32 bits per heavy atom. The van der Waals surface area contributed by atoms with Crippen LogP contribution in [0.25, 0.3) is 0 Å². The molecule has 0 saturated carbocycles. The number of nitrogens with zero attached hydrogens (tertiary/aromatic N) is 2. The van der Waals surface area contributed by atoms with Gasteiger partial charge in [0.1, 0.15) is 18.3 Å². The molecule has 14 heteroatoms. The summed E-state index contributed by atoms with van der Waals surface area (Å²) >= 11 is 0. The Morgan fingerprint density at radius 2 is 2.13 bits per heavy atom. The third-order valence-corrected chi connectivity index (χ3v) is 6.13. The van der Waals surface area contributed by atoms with Crippen molar-refractivity contribution in [1.29, 1.82) is 0 Å². The van der Waals surface area contributed by atoms with Crippen molar-refractivity contribution < 1.29 is 43.0 Å². The molecule has 4 N–H and O–H groups in total. The van der Waals surface area contributed by atoms with Crippen LogP contribution < -0.4 is 20.4 Å². The highest BCUT2D eigenvalue weighted by Crippen LogP contribution is 2.57. The minimum Gasteiger partial charge on any atom is -0.493 e. The molecular weight excluding hydrogens is 437 g/mol. The third-order valence-electron chi connectivity index (χ3n) is 4.81. The van der Waals surface area contributed by atoms with Crippen LogP contribution in [0, 0.1) is 0 Å². The number of methoxy groups -OCH3 is 1. The molecule has 0 bridgehead atoms. The molecule has 4 rings (SSSR count). The van der Waals surface area contributed by atoms with Crippen LogP contribution in [0.15, 0.2) is 35.3 Å². The van der Waals surface area contributed by atoms with Gasteiger partial charge < -0.3 is 24.2 Å². The Labute approximate surface area is 175 Å². The minimum absolute atomic E-state index is 0.0462. The maximum atomic E-state index is 12.9. The minimum atomic E-state index is -4.07. The number of nitrogens with one attached hydrogen (secondary N) is 1. The van der Waals surface area contributed by atoms with Crippen molar-refractivity contribution >= 4 is 13.6 Å². The monoisotopic (exact) mass is 457 g/mol. The van der Waals surface area contributed by atoms with Gasteiger partial charge in [-0.25, -0.2) is 9.36 Å². The molecule has 1 aromatic heterocycles. The fraction of sp³-hybridized carbons (Fsp3) is 0.412. The molecule has 0 spiro atoms. The summed E-state index contributed by atoms with van der Waals surface area (Å²) in [6.45, 7) is -0.510. The van der Waals surface area contributed by atoms with E-state index in [1.54, 1.807) is 23.7 Å². The molecule has 2 aliphatic rings. The second-order valence-electron chi connectivity index (χ2n) is 6.72. The van der Waals surface area contributed by atoms with E-state index in [0.717, 1.165) is 4.57 Å². The van der Waals surface area contributed by atoms with Gasteiger partial charge in [0.15, 0.2) is 23.5 Å². The molecule has 3 heterocycles. The third kappa shape index (κ3) is 4.16. The van der Waals surface area contributed by atoms with Crippen molar-refractivity contribution in [3.05, 3.63) is 46.5 Å². The molecule has 0 aliphatic carbocycles. The molecule has 1 fully saturated rings. The van der Waals surface area contributed by atoms with Crippen LogP contribution >= 0.6 is 7.82 Å². The fourth-order valence-electron chi connectivity index (χ4n) is 3.22. The lowest BCUT2D eigenvalue weighted by Crippen LogP contribution is -2.36. The number of rotatable bonds is 6. The molecule has 31 heavy (non-hydrogen) atoms. The summed E-state index contributed by atoms with van der Waals surface area (Å²) in [6, 6.07) is 6.34. The van der Waals surface area contributed by atoms with E-state index in [0.29, 0.717) is 11.3 Å². The van der Waals surface area contributed by atoms with E-state index in [4.69, 9.17) is 28.3 Å². The zero-order chi connectivity index (χ0) is 22.2. The topological polar surface area (TPSA) is 171 Å². The number of hydrogen-bond donors (Lipinski definition) is 4. The van der Waals surface area contributed by atoms with Gasteiger partial charge >= 0.3 is 13.5 Å². The Hall–Kier alpha value is -2.51. The summed E-state index contributed by atoms with van der Waals surface area (Å²) in [5.41, 5.74) is 1.51. The first-order valence-electron chi connectivity index (χ1n) is 9.10. The standard InChI is InChI=1S/C17H20N3O10P/c1-26-10-4-2-3-9-7-27-31(25,30-15(9)10)28-8-11-13(21)14(22)16(29-11)20-6-5-12(19-24)18-17(20)23/h2-6,11,13-14,16,21-22,24H,7-8H2,1H3,(H,18,19,23)/t11-,13-,14-,16-,31?/m1/s1. The molecule has 5 atom stereocenters. The van der Waals surface area contributed by atoms with E-state index in [-0.39, 0.29) is 18.2 Å². The summed E-state index contributed by atoms with van der Waals surface area (Å²) < 4.78 is 40.5. The van der Waals surface area contributed by atoms with Crippen molar-refractivity contribution in [2.24, 2.45) is 0 Å². The molecule has 1 unspecified atom stereocenters. The van der Waals surface area contributed by atoms with Crippen molar-refractivity contribution in [1.82, 2.24) is 9.55 Å². The van der Waals surface area contributed by atoms with Crippen LogP contribution in [0.4, 0.5) is 5.82 Å². The number of anilines is 1. The largest absolute Gasteiger partial charge is 0.530 e. The van der Waals surface area contributed by atoms with Gasteiger partial charge in [0.25, 0.3) is 0 Å². The predicted octanol–water partition coefficient (Wildman–Crippen LogP) is 0.406. The number of phosphoric ester groups is 1. The normalized spacial score (nSPS) is 29.8. The van der Waals surface area contributed by atoms with Gasteiger partial charge in [-0.3, -0.25) is 24.3 Å². The lowest BCUT2D eigenvalue weighted by Gasteiger charge is -2.27. The van der Waals surface area contributed by atoms with E-state index in [9.17, 15) is 19.6 Å². The van der Waals surface area contributed by atoms with E-state index < -0.39 is 44.7 Å². The molecule has 168 valence electrons. The second kappa shape index (κ2) is 8.55. The molecule has 1 saturated heterocycles. The number of aromatic nitrogens is 2. The molecule has 2 aliphatic heterocycles. The van der Waals surface area contributed by atoms with Gasteiger partial charge in [0.2, 0.25) is 0 Å². The Kier molecular flexibility index (Phi) is 5.99. The van der Waals surface area contributed by atoms with E-state index in [1.807, 2.05) is 0 Å². The number of fused-ring (bicyclic) bond motifs is 1. The first kappa shape index (κ1) is 21.7. The van der Waals surface area contributed by atoms with Crippen LogP contribution in [0.3, 0.4) is 0 Å². The van der Waals surface area contributed by atoms with Crippen LogP contribution in [0.1, 0.15) is 11.8 Å². The maximum absolute atomic E-state index is 12.9. The number of aliphatic hydroxyl groups excluding tert-OH is 2. The zero-order valence-electron chi connectivity index (χ0n) is 16.2. The van der Waals surface area contributed by atoms with Crippen molar-refractivity contribution in [3.8, 4) is 11.5 Å². The van der Waals surface area contributed by atoms with E-state index >= 15 is 0 Å². The highest BCUT2D eigenvalue weighted by molar-refractivity contribution is 7.49. The SMILES string of the molecule is COc1cccc2c1OP(=O)(OC[C@H]1O[C@@H](n3ccc(NO)nc3=O)[C@H](O)[C@@H]1O)OC2. The lowest BCUT2D eigenvalue weighted by molar-refractivity contribution is -0.0554. The molecular formula is C17H20N3O10P. The van der Waals surface area contributed by atoms with Crippen molar-refractivity contribution in [2.45, 2.75) is 31.1 Å². The number of hydrogen-bond acceptors (Lipinski definition) is 12. The van der Waals surface area contributed by atoms with Crippen LogP contribution in [0.5, 0.6) is 11.5 Å². The van der Waals surface area contributed by atoms with E-state index in [2.05, 4.69) is 4.98 Å². The van der Waals surface area contributed by atoms with Gasteiger partial charge in [0, 0.05) is 11.8 Å². The Bertz CT molecular complexity index is 1050. The molecule has 0 amide bonds. The molecule has 1 aromatic carbocycles.